The van der Waals surface area contributed by atoms with Gasteiger partial charge in [0.25, 0.3) is 0 Å². The lowest BCUT2D eigenvalue weighted by atomic mass is 9.84. The van der Waals surface area contributed by atoms with Crippen LogP contribution >= 0.6 is 23.1 Å². The second-order valence-corrected chi connectivity index (χ2v) is 7.39. The predicted octanol–water partition coefficient (Wildman–Crippen LogP) is 3.11. The minimum atomic E-state index is 0.631. The van der Waals surface area contributed by atoms with Crippen molar-refractivity contribution >= 4 is 23.1 Å². The smallest absolute Gasteiger partial charge is 0.174 e. The molecule has 3 nitrogen and oxygen atoms in total. The first-order chi connectivity index (χ1) is 8.22. The number of hydrogen-bond donors (Lipinski definition) is 1. The van der Waals surface area contributed by atoms with Crippen LogP contribution in [0.5, 0.6) is 0 Å². The van der Waals surface area contributed by atoms with Gasteiger partial charge in [0.15, 0.2) is 4.34 Å². The van der Waals surface area contributed by atoms with E-state index in [1.807, 2.05) is 18.7 Å². The molecule has 5 heteroatoms. The van der Waals surface area contributed by atoms with E-state index in [2.05, 4.69) is 29.5 Å². The van der Waals surface area contributed by atoms with Crippen LogP contribution in [0.3, 0.4) is 0 Å². The Hall–Kier alpha value is -0.130. The van der Waals surface area contributed by atoms with Gasteiger partial charge >= 0.3 is 0 Å². The lowest BCUT2D eigenvalue weighted by Gasteiger charge is -2.34. The molecule has 1 fully saturated rings. The third-order valence-electron chi connectivity index (χ3n) is 3.61. The van der Waals surface area contributed by atoms with Crippen molar-refractivity contribution in [3.8, 4) is 0 Å². The minimum absolute atomic E-state index is 0.631. The van der Waals surface area contributed by atoms with Crippen LogP contribution in [0.25, 0.3) is 0 Å². The molecule has 1 saturated carbocycles. The van der Waals surface area contributed by atoms with Gasteiger partial charge in [0.2, 0.25) is 0 Å². The Kier molecular flexibility index (Phi) is 4.82. The van der Waals surface area contributed by atoms with E-state index >= 15 is 0 Å². The molecule has 1 aliphatic carbocycles. The zero-order valence-electron chi connectivity index (χ0n) is 10.8. The zero-order valence-corrected chi connectivity index (χ0v) is 12.4. The topological polar surface area (TPSA) is 37.8 Å². The molecule has 17 heavy (non-hydrogen) atoms. The molecule has 0 aromatic carbocycles. The van der Waals surface area contributed by atoms with Crippen LogP contribution in [0.15, 0.2) is 4.34 Å². The van der Waals surface area contributed by atoms with Gasteiger partial charge in [-0.3, -0.25) is 0 Å². The fraction of sp³-hybridized carbons (Fsp3) is 0.833. The SMILES string of the molecule is CCC1CCC(NC)C(Sc2nnc(C)s2)C1. The maximum absolute atomic E-state index is 4.23. The molecule has 0 bridgehead atoms. The highest BCUT2D eigenvalue weighted by molar-refractivity contribution is 8.01. The largest absolute Gasteiger partial charge is 0.316 e. The van der Waals surface area contributed by atoms with Crippen molar-refractivity contribution in [3.63, 3.8) is 0 Å². The first-order valence-electron chi connectivity index (χ1n) is 6.37. The lowest BCUT2D eigenvalue weighted by molar-refractivity contribution is 0.304. The van der Waals surface area contributed by atoms with Gasteiger partial charge < -0.3 is 5.32 Å². The van der Waals surface area contributed by atoms with E-state index in [9.17, 15) is 0 Å². The van der Waals surface area contributed by atoms with Crippen LogP contribution in [0.2, 0.25) is 0 Å². The van der Waals surface area contributed by atoms with E-state index in [1.165, 1.54) is 25.7 Å². The van der Waals surface area contributed by atoms with Gasteiger partial charge in [-0.1, -0.05) is 36.4 Å². The molecular formula is C12H21N3S2. The van der Waals surface area contributed by atoms with Gasteiger partial charge in [-0.15, -0.1) is 10.2 Å². The average Bonchev–Trinajstić information content (AvgIpc) is 2.74. The van der Waals surface area contributed by atoms with Crippen molar-refractivity contribution in [2.45, 2.75) is 55.2 Å². The Morgan fingerprint density at radius 3 is 2.82 bits per heavy atom. The summed E-state index contributed by atoms with van der Waals surface area (Å²) in [5.74, 6) is 0.895. The van der Waals surface area contributed by atoms with Gasteiger partial charge in [0.1, 0.15) is 5.01 Å². The Morgan fingerprint density at radius 2 is 2.24 bits per heavy atom. The van der Waals surface area contributed by atoms with Crippen LogP contribution < -0.4 is 5.32 Å². The van der Waals surface area contributed by atoms with Gasteiger partial charge in [0.05, 0.1) is 0 Å². The summed E-state index contributed by atoms with van der Waals surface area (Å²) in [6.07, 6.45) is 5.28. The molecule has 1 aromatic rings. The highest BCUT2D eigenvalue weighted by Crippen LogP contribution is 2.38. The number of hydrogen-bond acceptors (Lipinski definition) is 5. The third kappa shape index (κ3) is 3.42. The first kappa shape index (κ1) is 13.3. The molecule has 3 atom stereocenters. The number of rotatable bonds is 4. The van der Waals surface area contributed by atoms with Crippen molar-refractivity contribution in [1.82, 2.24) is 15.5 Å². The highest BCUT2D eigenvalue weighted by atomic mass is 32.2. The molecule has 2 rings (SSSR count). The quantitative estimate of drug-likeness (QED) is 0.913. The monoisotopic (exact) mass is 271 g/mol. The molecule has 0 spiro atoms. The maximum Gasteiger partial charge on any atom is 0.174 e. The van der Waals surface area contributed by atoms with Crippen molar-refractivity contribution in [1.29, 1.82) is 0 Å². The number of aryl methyl sites for hydroxylation is 1. The maximum atomic E-state index is 4.23. The van der Waals surface area contributed by atoms with Crippen LogP contribution in [0.1, 0.15) is 37.6 Å². The van der Waals surface area contributed by atoms with Crippen molar-refractivity contribution in [2.75, 3.05) is 7.05 Å². The fourth-order valence-corrected chi connectivity index (χ4v) is 4.99. The second-order valence-electron chi connectivity index (χ2n) is 4.73. The molecule has 0 amide bonds. The Morgan fingerprint density at radius 1 is 1.41 bits per heavy atom. The Balaban J connectivity index is 2.00. The van der Waals surface area contributed by atoms with Crippen LogP contribution in [0, 0.1) is 12.8 Å². The summed E-state index contributed by atoms with van der Waals surface area (Å²) in [7, 11) is 2.08. The molecule has 3 unspecified atom stereocenters. The molecule has 96 valence electrons. The Bertz CT molecular complexity index is 353. The summed E-state index contributed by atoms with van der Waals surface area (Å²) in [4.78, 5) is 0. The molecule has 1 heterocycles. The fourth-order valence-electron chi connectivity index (χ4n) is 2.50. The summed E-state index contributed by atoms with van der Waals surface area (Å²) in [5, 5.41) is 13.5. The lowest BCUT2D eigenvalue weighted by Crippen LogP contribution is -2.40. The van der Waals surface area contributed by atoms with E-state index < -0.39 is 0 Å². The average molecular weight is 271 g/mol. The summed E-state index contributed by atoms with van der Waals surface area (Å²) in [5.41, 5.74) is 0. The van der Waals surface area contributed by atoms with Gasteiger partial charge in [-0.2, -0.15) is 0 Å². The summed E-state index contributed by atoms with van der Waals surface area (Å²) in [6.45, 7) is 4.33. The third-order valence-corrected chi connectivity index (χ3v) is 5.89. The van der Waals surface area contributed by atoms with E-state index in [0.717, 1.165) is 15.3 Å². The molecule has 0 radical (unpaired) electrons. The van der Waals surface area contributed by atoms with Crippen molar-refractivity contribution < 1.29 is 0 Å². The van der Waals surface area contributed by atoms with Crippen molar-refractivity contribution in [2.24, 2.45) is 5.92 Å². The van der Waals surface area contributed by atoms with Crippen molar-refractivity contribution in [3.05, 3.63) is 5.01 Å². The predicted molar refractivity (Wildman–Crippen MR) is 74.8 cm³/mol. The molecule has 0 aliphatic heterocycles. The number of nitrogens with zero attached hydrogens (tertiary/aromatic N) is 2. The number of thioether (sulfide) groups is 1. The minimum Gasteiger partial charge on any atom is -0.316 e. The molecule has 1 aliphatic rings. The van der Waals surface area contributed by atoms with E-state index in [1.54, 1.807) is 11.3 Å². The van der Waals surface area contributed by atoms with E-state index in [-0.39, 0.29) is 0 Å². The standard InChI is InChI=1S/C12H21N3S2/c1-4-9-5-6-10(13-3)11(7-9)17-12-15-14-8(2)16-12/h9-11,13H,4-7H2,1-3H3. The molecule has 1 N–H and O–H groups in total. The second kappa shape index (κ2) is 6.16. The first-order valence-corrected chi connectivity index (χ1v) is 8.06. The summed E-state index contributed by atoms with van der Waals surface area (Å²) < 4.78 is 1.13. The molecule has 0 saturated heterocycles. The summed E-state index contributed by atoms with van der Waals surface area (Å²) in [6, 6.07) is 0.631. The summed E-state index contributed by atoms with van der Waals surface area (Å²) >= 11 is 3.64. The van der Waals surface area contributed by atoms with E-state index in [4.69, 9.17) is 0 Å². The number of aromatic nitrogens is 2. The zero-order chi connectivity index (χ0) is 12.3. The van der Waals surface area contributed by atoms with Crippen LogP contribution in [-0.4, -0.2) is 28.5 Å². The normalized spacial score (nSPS) is 29.5. The van der Waals surface area contributed by atoms with Gasteiger partial charge in [-0.25, -0.2) is 0 Å². The van der Waals surface area contributed by atoms with Crippen LogP contribution in [-0.2, 0) is 0 Å². The van der Waals surface area contributed by atoms with Gasteiger partial charge in [-0.05, 0) is 39.2 Å². The number of nitrogens with one attached hydrogen (secondary N) is 1. The van der Waals surface area contributed by atoms with Crippen LogP contribution in [0.4, 0.5) is 0 Å². The van der Waals surface area contributed by atoms with Gasteiger partial charge in [0, 0.05) is 11.3 Å². The Labute approximate surface area is 112 Å². The van der Waals surface area contributed by atoms with E-state index in [0.29, 0.717) is 11.3 Å². The molecule has 1 aromatic heterocycles. The highest BCUT2D eigenvalue weighted by Gasteiger charge is 2.30. The molecular weight excluding hydrogens is 250 g/mol.